The zero-order chi connectivity index (χ0) is 22.7. The van der Waals surface area contributed by atoms with Crippen molar-refractivity contribution in [1.82, 2.24) is 9.88 Å². The van der Waals surface area contributed by atoms with Crippen LogP contribution in [0.4, 0.5) is 4.79 Å². The lowest BCUT2D eigenvalue weighted by Crippen LogP contribution is -2.37. The van der Waals surface area contributed by atoms with Gasteiger partial charge in [-0.15, -0.1) is 0 Å². The molecule has 168 valence electrons. The highest BCUT2D eigenvalue weighted by Crippen LogP contribution is 2.40. The van der Waals surface area contributed by atoms with Gasteiger partial charge in [-0.2, -0.15) is 0 Å². The number of esters is 1. The van der Waals surface area contributed by atoms with E-state index < -0.39 is 5.97 Å². The second-order valence-electron chi connectivity index (χ2n) is 7.84. The number of hydrogen-bond donors (Lipinski definition) is 0. The molecule has 2 aromatic rings. The van der Waals surface area contributed by atoms with E-state index in [1.54, 1.807) is 24.1 Å². The predicted octanol–water partition coefficient (Wildman–Crippen LogP) is 5.06. The Balaban J connectivity index is 1.83. The first kappa shape index (κ1) is 22.3. The molecule has 1 fully saturated rings. The molecular weight excluding hydrogens is 428 g/mol. The van der Waals surface area contributed by atoms with Crippen LogP contribution in [-0.2, 0) is 22.3 Å². The van der Waals surface area contributed by atoms with Gasteiger partial charge in [0, 0.05) is 24.9 Å². The predicted molar refractivity (Wildman–Crippen MR) is 123 cm³/mol. The van der Waals surface area contributed by atoms with Gasteiger partial charge in [0.1, 0.15) is 0 Å². The summed E-state index contributed by atoms with van der Waals surface area (Å²) in [5.74, 6) is -0.394. The molecule has 7 heteroatoms. The molecule has 2 heterocycles. The Morgan fingerprint density at radius 3 is 2.50 bits per heavy atom. The number of amides is 1. The second kappa shape index (κ2) is 9.74. The van der Waals surface area contributed by atoms with E-state index in [0.29, 0.717) is 36.7 Å². The quantitative estimate of drug-likeness (QED) is 0.606. The van der Waals surface area contributed by atoms with Crippen LogP contribution < -0.4 is 0 Å². The monoisotopic (exact) mass is 454 g/mol. The third kappa shape index (κ3) is 4.24. The lowest BCUT2D eigenvalue weighted by Gasteiger charge is -2.29. The largest absolute Gasteiger partial charge is 0.462 e. The first-order valence-corrected chi connectivity index (χ1v) is 11.5. The molecule has 0 atom stereocenters. The van der Waals surface area contributed by atoms with E-state index in [-0.39, 0.29) is 12.7 Å². The Morgan fingerprint density at radius 1 is 1.03 bits per heavy atom. The van der Waals surface area contributed by atoms with Gasteiger partial charge in [-0.1, -0.05) is 29.3 Å². The van der Waals surface area contributed by atoms with E-state index in [4.69, 9.17) is 26.1 Å². The maximum Gasteiger partial charge on any atom is 0.409 e. The van der Waals surface area contributed by atoms with Crippen molar-refractivity contribution in [3.63, 3.8) is 0 Å². The molecule has 0 spiro atoms. The van der Waals surface area contributed by atoms with Crippen molar-refractivity contribution in [2.75, 3.05) is 26.3 Å². The third-order valence-corrected chi connectivity index (χ3v) is 6.34. The fourth-order valence-electron chi connectivity index (χ4n) is 4.57. The zero-order valence-corrected chi connectivity index (χ0v) is 19.2. The Labute approximate surface area is 193 Å². The molecule has 1 aromatic carbocycles. The summed E-state index contributed by atoms with van der Waals surface area (Å²) in [6, 6.07) is 7.80. The van der Waals surface area contributed by atoms with Crippen LogP contribution in [0.5, 0.6) is 0 Å². The van der Waals surface area contributed by atoms with Crippen LogP contribution in [0, 0.1) is 0 Å². The topological polar surface area (TPSA) is 68.7 Å². The number of carbonyl (C=O) groups excluding carboxylic acids is 2. The molecule has 0 bridgehead atoms. The van der Waals surface area contributed by atoms with Crippen LogP contribution in [0.25, 0.3) is 5.57 Å². The van der Waals surface area contributed by atoms with Gasteiger partial charge in [-0.3, -0.25) is 4.98 Å². The average Bonchev–Trinajstić information content (AvgIpc) is 2.96. The molecule has 4 rings (SSSR count). The fraction of sp³-hybridized carbons (Fsp3) is 0.400. The van der Waals surface area contributed by atoms with Crippen LogP contribution in [-0.4, -0.2) is 48.2 Å². The highest BCUT2D eigenvalue weighted by molar-refractivity contribution is 6.34. The number of carbonyl (C=O) groups is 2. The number of ether oxygens (including phenoxy) is 2. The number of fused-ring (bicyclic) bond motifs is 2. The molecule has 1 aromatic heterocycles. The van der Waals surface area contributed by atoms with E-state index in [0.717, 1.165) is 47.2 Å². The molecule has 1 aliphatic heterocycles. The molecule has 0 unspecified atom stereocenters. The van der Waals surface area contributed by atoms with Crippen molar-refractivity contribution in [2.24, 2.45) is 0 Å². The number of aryl methyl sites for hydroxylation is 1. The normalized spacial score (nSPS) is 15.5. The molecular formula is C25H27ClN2O4. The molecule has 0 N–H and O–H groups in total. The summed E-state index contributed by atoms with van der Waals surface area (Å²) in [6.07, 6.45) is 4.42. The molecule has 1 aliphatic carbocycles. The van der Waals surface area contributed by atoms with Crippen LogP contribution >= 0.6 is 11.6 Å². The standard InChI is InChI=1S/C25H27ClN2O4/c1-3-31-24(29)22-19-8-7-17-6-5-13-27-23(17)21(18(19)9-10-20(22)26)16-11-14-28(15-12-16)25(30)32-4-2/h5-6,9-10,13H,3-4,7-8,11-12,14-15H2,1-2H3. The number of likely N-dealkylation sites (tertiary alicyclic amines) is 1. The molecule has 32 heavy (non-hydrogen) atoms. The van der Waals surface area contributed by atoms with Crippen molar-refractivity contribution in [3.05, 3.63) is 69.0 Å². The number of nitrogens with zero attached hydrogens (tertiary/aromatic N) is 2. The first-order valence-electron chi connectivity index (χ1n) is 11.1. The second-order valence-corrected chi connectivity index (χ2v) is 8.25. The van der Waals surface area contributed by atoms with Gasteiger partial charge in [-0.25, -0.2) is 9.59 Å². The number of hydrogen-bond acceptors (Lipinski definition) is 5. The number of aromatic nitrogens is 1. The molecule has 6 nitrogen and oxygen atoms in total. The van der Waals surface area contributed by atoms with Gasteiger partial charge in [0.05, 0.1) is 29.5 Å². The van der Waals surface area contributed by atoms with Crippen molar-refractivity contribution < 1.29 is 19.1 Å². The Morgan fingerprint density at radius 2 is 1.78 bits per heavy atom. The zero-order valence-electron chi connectivity index (χ0n) is 18.4. The maximum absolute atomic E-state index is 12.8. The lowest BCUT2D eigenvalue weighted by atomic mass is 9.87. The summed E-state index contributed by atoms with van der Waals surface area (Å²) in [5, 5.41) is 0.405. The highest BCUT2D eigenvalue weighted by atomic mass is 35.5. The van der Waals surface area contributed by atoms with Crippen LogP contribution in [0.1, 0.15) is 59.4 Å². The number of halogens is 1. The van der Waals surface area contributed by atoms with E-state index in [9.17, 15) is 9.59 Å². The Hall–Kier alpha value is -2.86. The van der Waals surface area contributed by atoms with E-state index in [2.05, 4.69) is 6.07 Å². The van der Waals surface area contributed by atoms with Gasteiger partial charge in [0.25, 0.3) is 0 Å². The van der Waals surface area contributed by atoms with Crippen LogP contribution in [0.2, 0.25) is 5.02 Å². The van der Waals surface area contributed by atoms with Gasteiger partial charge in [-0.05, 0) is 68.4 Å². The van der Waals surface area contributed by atoms with Gasteiger partial charge < -0.3 is 14.4 Å². The van der Waals surface area contributed by atoms with E-state index in [1.807, 2.05) is 19.1 Å². The first-order chi connectivity index (χ1) is 15.5. The summed E-state index contributed by atoms with van der Waals surface area (Å²) in [7, 11) is 0. The smallest absolute Gasteiger partial charge is 0.409 e. The summed E-state index contributed by atoms with van der Waals surface area (Å²) < 4.78 is 10.5. The summed E-state index contributed by atoms with van der Waals surface area (Å²) >= 11 is 6.48. The number of rotatable bonds is 3. The molecule has 0 saturated carbocycles. The van der Waals surface area contributed by atoms with Gasteiger partial charge in [0.15, 0.2) is 0 Å². The van der Waals surface area contributed by atoms with E-state index in [1.165, 1.54) is 5.57 Å². The SMILES string of the molecule is CCOC(=O)c1c(Cl)ccc2c1CCc1cccnc1C2=C1CCN(C(=O)OCC)CC1. The minimum Gasteiger partial charge on any atom is -0.462 e. The third-order valence-electron chi connectivity index (χ3n) is 6.03. The van der Waals surface area contributed by atoms with Crippen LogP contribution in [0.3, 0.4) is 0 Å². The maximum atomic E-state index is 12.8. The minimum atomic E-state index is -0.394. The fourth-order valence-corrected chi connectivity index (χ4v) is 4.83. The average molecular weight is 455 g/mol. The van der Waals surface area contributed by atoms with Crippen molar-refractivity contribution >= 4 is 29.2 Å². The number of piperidine rings is 1. The Kier molecular flexibility index (Phi) is 6.80. The summed E-state index contributed by atoms with van der Waals surface area (Å²) in [4.78, 5) is 31.4. The Bertz CT molecular complexity index is 1070. The number of benzene rings is 1. The van der Waals surface area contributed by atoms with Crippen molar-refractivity contribution in [2.45, 2.75) is 39.5 Å². The van der Waals surface area contributed by atoms with E-state index >= 15 is 0 Å². The van der Waals surface area contributed by atoms with Gasteiger partial charge in [0.2, 0.25) is 0 Å². The molecule has 0 radical (unpaired) electrons. The summed E-state index contributed by atoms with van der Waals surface area (Å²) in [5.41, 5.74) is 6.71. The van der Waals surface area contributed by atoms with Crippen LogP contribution in [0.15, 0.2) is 36.0 Å². The van der Waals surface area contributed by atoms with Crippen molar-refractivity contribution in [1.29, 1.82) is 0 Å². The molecule has 1 saturated heterocycles. The molecule has 1 amide bonds. The summed E-state index contributed by atoms with van der Waals surface area (Å²) in [6.45, 7) is 5.44. The molecule has 2 aliphatic rings. The van der Waals surface area contributed by atoms with Gasteiger partial charge >= 0.3 is 12.1 Å². The lowest BCUT2D eigenvalue weighted by molar-refractivity contribution is 0.0525. The number of pyridine rings is 1. The minimum absolute atomic E-state index is 0.271. The van der Waals surface area contributed by atoms with Crippen molar-refractivity contribution in [3.8, 4) is 0 Å². The highest BCUT2D eigenvalue weighted by Gasteiger charge is 2.30.